The molecular formula is C34H28ClNO5S2. The fourth-order valence-corrected chi connectivity index (χ4v) is 5.87. The quantitative estimate of drug-likeness (QED) is 0.140. The van der Waals surface area contributed by atoms with Crippen LogP contribution < -0.4 is 9.47 Å². The van der Waals surface area contributed by atoms with Crippen molar-refractivity contribution in [3.8, 4) is 11.5 Å². The molecule has 4 aromatic rings. The largest absolute Gasteiger partial charge is 0.489 e. The molecule has 1 atom stereocenters. The Morgan fingerprint density at radius 1 is 0.907 bits per heavy atom. The van der Waals surface area contributed by atoms with E-state index in [1.165, 1.54) is 5.56 Å². The highest BCUT2D eigenvalue weighted by molar-refractivity contribution is 8.26. The zero-order chi connectivity index (χ0) is 30.5. The molecule has 1 heterocycles. The minimum Gasteiger partial charge on any atom is -0.489 e. The number of hydrogen-bond acceptors (Lipinski definition) is 6. The number of carbonyl (C=O) groups excluding carboxylic acids is 1. The lowest BCUT2D eigenvalue weighted by molar-refractivity contribution is -0.145. The molecule has 0 radical (unpaired) electrons. The lowest BCUT2D eigenvalue weighted by Crippen LogP contribution is -2.37. The van der Waals surface area contributed by atoms with Crippen molar-refractivity contribution in [2.24, 2.45) is 0 Å². The number of amides is 1. The van der Waals surface area contributed by atoms with Crippen LogP contribution in [-0.4, -0.2) is 26.2 Å². The fraction of sp³-hybridized carbons (Fsp3) is 0.147. The number of ether oxygens (including phenoxy) is 2. The summed E-state index contributed by atoms with van der Waals surface area (Å²) in [4.78, 5) is 27.3. The number of thiocarbonyl (C=S) groups is 1. The minimum absolute atomic E-state index is 0.152. The van der Waals surface area contributed by atoms with Crippen LogP contribution in [0.5, 0.6) is 11.5 Å². The molecule has 6 nitrogen and oxygen atoms in total. The number of carboxylic acids is 1. The van der Waals surface area contributed by atoms with Crippen molar-refractivity contribution >= 4 is 57.9 Å². The van der Waals surface area contributed by atoms with Gasteiger partial charge in [-0.1, -0.05) is 107 Å². The monoisotopic (exact) mass is 629 g/mol. The van der Waals surface area contributed by atoms with Crippen LogP contribution in [0.4, 0.5) is 0 Å². The van der Waals surface area contributed by atoms with E-state index < -0.39 is 17.9 Å². The number of nitrogens with zero attached hydrogens (tertiary/aromatic N) is 1. The first kappa shape index (κ1) is 30.4. The topological polar surface area (TPSA) is 76.1 Å². The Hall–Kier alpha value is -4.11. The fourth-order valence-electron chi connectivity index (χ4n) is 4.44. The smallest absolute Gasteiger partial charge is 0.331 e. The molecule has 0 saturated carbocycles. The van der Waals surface area contributed by atoms with Crippen LogP contribution in [-0.2, 0) is 22.8 Å². The van der Waals surface area contributed by atoms with E-state index in [1.54, 1.807) is 36.4 Å². The summed E-state index contributed by atoms with van der Waals surface area (Å²) in [6.45, 7) is 4.75. The minimum atomic E-state index is -1.29. The van der Waals surface area contributed by atoms with Crippen LogP contribution in [0.15, 0.2) is 95.9 Å². The van der Waals surface area contributed by atoms with Gasteiger partial charge in [-0.2, -0.15) is 0 Å². The molecule has 0 aromatic heterocycles. The first-order valence-electron chi connectivity index (χ1n) is 13.4. The maximum atomic E-state index is 13.6. The molecule has 0 aliphatic carbocycles. The van der Waals surface area contributed by atoms with Crippen LogP contribution in [0.25, 0.3) is 6.08 Å². The summed E-state index contributed by atoms with van der Waals surface area (Å²) in [5.41, 5.74) is 5.37. The summed E-state index contributed by atoms with van der Waals surface area (Å²) >= 11 is 12.5. The van der Waals surface area contributed by atoms with E-state index in [1.807, 2.05) is 74.5 Å². The van der Waals surface area contributed by atoms with Gasteiger partial charge in [-0.25, -0.2) is 4.79 Å². The Kier molecular flexibility index (Phi) is 9.50. The van der Waals surface area contributed by atoms with E-state index >= 15 is 0 Å². The van der Waals surface area contributed by atoms with Gasteiger partial charge in [-0.05, 0) is 60.9 Å². The highest BCUT2D eigenvalue weighted by Gasteiger charge is 2.41. The number of aryl methyl sites for hydroxylation is 2. The number of aliphatic carboxylic acids is 1. The second kappa shape index (κ2) is 13.5. The molecule has 0 spiro atoms. The number of rotatable bonds is 10. The summed E-state index contributed by atoms with van der Waals surface area (Å²) in [6, 6.07) is 26.6. The van der Waals surface area contributed by atoms with Crippen LogP contribution in [0, 0.1) is 13.8 Å². The summed E-state index contributed by atoms with van der Waals surface area (Å²) in [6.07, 6.45) is 1.67. The van der Waals surface area contributed by atoms with Gasteiger partial charge in [-0.3, -0.25) is 9.69 Å². The third-order valence-corrected chi connectivity index (χ3v) is 8.40. The second-order valence-corrected chi connectivity index (χ2v) is 12.2. The van der Waals surface area contributed by atoms with E-state index in [2.05, 4.69) is 0 Å². The van der Waals surface area contributed by atoms with Crippen molar-refractivity contribution in [2.75, 3.05) is 0 Å². The molecule has 1 amide bonds. The van der Waals surface area contributed by atoms with Crippen molar-refractivity contribution < 1.29 is 24.2 Å². The molecule has 1 N–H and O–H groups in total. The first-order chi connectivity index (χ1) is 20.7. The molecule has 4 aromatic carbocycles. The third-order valence-electron chi connectivity index (χ3n) is 6.81. The van der Waals surface area contributed by atoms with E-state index in [-0.39, 0.29) is 4.32 Å². The second-order valence-electron chi connectivity index (χ2n) is 10.1. The van der Waals surface area contributed by atoms with Crippen LogP contribution >= 0.6 is 35.6 Å². The SMILES string of the molecule is Cc1ccc(COc2ccc(C=C3SC(=S)N(C(C(=O)O)c4ccc(Cl)cc4)C3=O)c(OCc3ccc(C)cc3)c2)cc1. The Morgan fingerprint density at radius 3 is 2.07 bits per heavy atom. The molecule has 1 unspecified atom stereocenters. The maximum Gasteiger partial charge on any atom is 0.331 e. The Morgan fingerprint density at radius 2 is 1.49 bits per heavy atom. The molecule has 1 aliphatic rings. The molecular weight excluding hydrogens is 602 g/mol. The van der Waals surface area contributed by atoms with Gasteiger partial charge in [0.15, 0.2) is 6.04 Å². The van der Waals surface area contributed by atoms with Crippen molar-refractivity contribution in [3.63, 3.8) is 0 Å². The number of hydrogen-bond donors (Lipinski definition) is 1. The van der Waals surface area contributed by atoms with Gasteiger partial charge in [0, 0.05) is 16.7 Å². The number of benzene rings is 4. The molecule has 43 heavy (non-hydrogen) atoms. The van der Waals surface area contributed by atoms with Gasteiger partial charge in [0.05, 0.1) is 4.91 Å². The van der Waals surface area contributed by atoms with Crippen molar-refractivity contribution in [1.29, 1.82) is 0 Å². The van der Waals surface area contributed by atoms with E-state index in [4.69, 9.17) is 33.3 Å². The van der Waals surface area contributed by atoms with Crippen molar-refractivity contribution in [2.45, 2.75) is 33.1 Å². The van der Waals surface area contributed by atoms with Gasteiger partial charge in [0.25, 0.3) is 5.91 Å². The molecule has 9 heteroatoms. The summed E-state index contributed by atoms with van der Waals surface area (Å²) < 4.78 is 12.4. The van der Waals surface area contributed by atoms with Crippen LogP contribution in [0.2, 0.25) is 5.02 Å². The van der Waals surface area contributed by atoms with Gasteiger partial charge in [-0.15, -0.1) is 0 Å². The molecule has 1 fully saturated rings. The molecule has 5 rings (SSSR count). The van der Waals surface area contributed by atoms with Crippen LogP contribution in [0.1, 0.15) is 39.4 Å². The van der Waals surface area contributed by atoms with Gasteiger partial charge >= 0.3 is 5.97 Å². The number of thioether (sulfide) groups is 1. The van der Waals surface area contributed by atoms with E-state index in [0.29, 0.717) is 45.8 Å². The van der Waals surface area contributed by atoms with Gasteiger partial charge in [0.2, 0.25) is 0 Å². The molecule has 1 saturated heterocycles. The van der Waals surface area contributed by atoms with Gasteiger partial charge in [0.1, 0.15) is 29.0 Å². The van der Waals surface area contributed by atoms with E-state index in [9.17, 15) is 14.7 Å². The Labute approximate surface area is 264 Å². The third kappa shape index (κ3) is 7.46. The predicted octanol–water partition coefficient (Wildman–Crippen LogP) is 8.14. The first-order valence-corrected chi connectivity index (χ1v) is 15.0. The van der Waals surface area contributed by atoms with Crippen molar-refractivity contribution in [3.05, 3.63) is 134 Å². The number of halogens is 1. The zero-order valence-corrected chi connectivity index (χ0v) is 25.8. The normalized spacial score (nSPS) is 14.7. The highest BCUT2D eigenvalue weighted by atomic mass is 35.5. The zero-order valence-electron chi connectivity index (χ0n) is 23.5. The Balaban J connectivity index is 1.43. The average Bonchev–Trinajstić information content (AvgIpc) is 3.26. The predicted molar refractivity (Wildman–Crippen MR) is 174 cm³/mol. The molecule has 1 aliphatic heterocycles. The number of carbonyl (C=O) groups is 2. The summed E-state index contributed by atoms with van der Waals surface area (Å²) in [7, 11) is 0. The Bertz CT molecular complexity index is 1690. The summed E-state index contributed by atoms with van der Waals surface area (Å²) in [5, 5.41) is 10.5. The lowest BCUT2D eigenvalue weighted by atomic mass is 10.1. The lowest BCUT2D eigenvalue weighted by Gasteiger charge is -2.23. The average molecular weight is 630 g/mol. The summed E-state index contributed by atoms with van der Waals surface area (Å²) in [5.74, 6) is -0.573. The molecule has 218 valence electrons. The number of carboxylic acid groups (broad SMARTS) is 1. The van der Waals surface area contributed by atoms with Gasteiger partial charge < -0.3 is 14.6 Å². The molecule has 0 bridgehead atoms. The van der Waals surface area contributed by atoms with Crippen LogP contribution in [0.3, 0.4) is 0 Å². The standard InChI is InChI=1S/C34H28ClNO5S2/c1-21-3-7-23(8-4-21)19-40-28-16-13-26(29(18-28)41-20-24-9-5-22(2)6-10-24)17-30-32(37)36(34(42)43-30)31(33(38)39)25-11-14-27(35)15-12-25/h3-18,31H,19-20H2,1-2H3,(H,38,39). The highest BCUT2D eigenvalue weighted by Crippen LogP contribution is 2.40. The maximum absolute atomic E-state index is 13.6. The van der Waals surface area contributed by atoms with E-state index in [0.717, 1.165) is 33.4 Å². The van der Waals surface area contributed by atoms with Crippen molar-refractivity contribution in [1.82, 2.24) is 4.90 Å².